The lowest BCUT2D eigenvalue weighted by atomic mass is 10.1. The normalized spacial score (nSPS) is 11.6. The molecule has 1 heterocycles. The summed E-state index contributed by atoms with van der Waals surface area (Å²) in [5.41, 5.74) is -0.587. The Balaban J connectivity index is 2.49. The standard InChI is InChI=1S/C14H13F3N2O/c1-2-4-12-18-11(8-13(20)19-12)9-5-3-6-10(7-9)14(15,16)17/h3,5-8H,2,4H2,1H3,(H,18,19,20). The van der Waals surface area contributed by atoms with Crippen LogP contribution in [0.15, 0.2) is 35.1 Å². The molecule has 0 atom stereocenters. The maximum atomic E-state index is 12.7. The molecule has 0 fully saturated rings. The van der Waals surface area contributed by atoms with E-state index in [2.05, 4.69) is 9.97 Å². The van der Waals surface area contributed by atoms with Crippen LogP contribution in [0.1, 0.15) is 24.7 Å². The molecule has 0 aliphatic carbocycles. The number of nitrogens with one attached hydrogen (secondary N) is 1. The van der Waals surface area contributed by atoms with E-state index < -0.39 is 11.7 Å². The summed E-state index contributed by atoms with van der Waals surface area (Å²) in [4.78, 5) is 18.3. The van der Waals surface area contributed by atoms with Gasteiger partial charge in [0, 0.05) is 18.1 Å². The topological polar surface area (TPSA) is 45.8 Å². The fourth-order valence-electron chi connectivity index (χ4n) is 1.87. The Hall–Kier alpha value is -2.11. The highest BCUT2D eigenvalue weighted by atomic mass is 19.4. The highest BCUT2D eigenvalue weighted by Gasteiger charge is 2.30. The first-order valence-electron chi connectivity index (χ1n) is 6.18. The van der Waals surface area contributed by atoms with Gasteiger partial charge in [-0.15, -0.1) is 0 Å². The van der Waals surface area contributed by atoms with Gasteiger partial charge in [-0.2, -0.15) is 13.2 Å². The molecular formula is C14H13F3N2O. The molecule has 0 amide bonds. The Morgan fingerprint density at radius 1 is 1.25 bits per heavy atom. The fraction of sp³-hybridized carbons (Fsp3) is 0.286. The minimum Gasteiger partial charge on any atom is -0.311 e. The van der Waals surface area contributed by atoms with Gasteiger partial charge in [-0.25, -0.2) is 4.98 Å². The largest absolute Gasteiger partial charge is 0.416 e. The average molecular weight is 282 g/mol. The minimum absolute atomic E-state index is 0.253. The summed E-state index contributed by atoms with van der Waals surface area (Å²) in [6.45, 7) is 1.93. The second kappa shape index (κ2) is 5.48. The van der Waals surface area contributed by atoms with Crippen LogP contribution in [0, 0.1) is 0 Å². The quantitative estimate of drug-likeness (QED) is 0.937. The van der Waals surface area contributed by atoms with Crippen LogP contribution in [0.3, 0.4) is 0 Å². The van der Waals surface area contributed by atoms with Gasteiger partial charge in [0.1, 0.15) is 5.82 Å². The average Bonchev–Trinajstić information content (AvgIpc) is 2.37. The van der Waals surface area contributed by atoms with E-state index in [1.165, 1.54) is 18.2 Å². The Morgan fingerprint density at radius 2 is 2.00 bits per heavy atom. The molecule has 0 bridgehead atoms. The van der Waals surface area contributed by atoms with Gasteiger partial charge < -0.3 is 4.98 Å². The van der Waals surface area contributed by atoms with Crippen molar-refractivity contribution in [3.63, 3.8) is 0 Å². The molecule has 0 unspecified atom stereocenters. The van der Waals surface area contributed by atoms with Crippen molar-refractivity contribution in [1.29, 1.82) is 0 Å². The van der Waals surface area contributed by atoms with Gasteiger partial charge in [0.2, 0.25) is 0 Å². The number of rotatable bonds is 3. The van der Waals surface area contributed by atoms with Crippen molar-refractivity contribution in [3.8, 4) is 11.3 Å². The maximum absolute atomic E-state index is 12.7. The van der Waals surface area contributed by atoms with Crippen molar-refractivity contribution < 1.29 is 13.2 Å². The van der Waals surface area contributed by atoms with E-state index in [1.807, 2.05) is 6.92 Å². The summed E-state index contributed by atoms with van der Waals surface area (Å²) in [5.74, 6) is 0.479. The van der Waals surface area contributed by atoms with Gasteiger partial charge in [0.25, 0.3) is 5.56 Å². The summed E-state index contributed by atoms with van der Waals surface area (Å²) in [7, 11) is 0. The van der Waals surface area contributed by atoms with E-state index in [0.717, 1.165) is 18.6 Å². The van der Waals surface area contributed by atoms with Crippen LogP contribution >= 0.6 is 0 Å². The molecule has 1 aromatic carbocycles. The Labute approximate surface area is 113 Å². The first-order chi connectivity index (χ1) is 9.40. The zero-order valence-electron chi connectivity index (χ0n) is 10.8. The van der Waals surface area contributed by atoms with Gasteiger partial charge in [0.05, 0.1) is 11.3 Å². The number of aromatic nitrogens is 2. The molecule has 0 saturated carbocycles. The molecule has 20 heavy (non-hydrogen) atoms. The van der Waals surface area contributed by atoms with Crippen molar-refractivity contribution in [1.82, 2.24) is 9.97 Å². The number of nitrogens with zero attached hydrogens (tertiary/aromatic N) is 1. The highest BCUT2D eigenvalue weighted by Crippen LogP contribution is 2.31. The third-order valence-electron chi connectivity index (χ3n) is 2.76. The van der Waals surface area contributed by atoms with Crippen molar-refractivity contribution in [2.75, 3.05) is 0 Å². The van der Waals surface area contributed by atoms with Crippen LogP contribution in [-0.2, 0) is 12.6 Å². The third-order valence-corrected chi connectivity index (χ3v) is 2.76. The number of alkyl halides is 3. The smallest absolute Gasteiger partial charge is 0.311 e. The van der Waals surface area contributed by atoms with Gasteiger partial charge >= 0.3 is 6.18 Å². The van der Waals surface area contributed by atoms with Crippen LogP contribution in [-0.4, -0.2) is 9.97 Å². The van der Waals surface area contributed by atoms with Crippen LogP contribution < -0.4 is 5.56 Å². The maximum Gasteiger partial charge on any atom is 0.416 e. The predicted octanol–water partition coefficient (Wildman–Crippen LogP) is 3.41. The summed E-state index contributed by atoms with van der Waals surface area (Å²) >= 11 is 0. The number of hydrogen-bond acceptors (Lipinski definition) is 2. The molecule has 6 heteroatoms. The molecule has 0 saturated heterocycles. The van der Waals surface area contributed by atoms with Crippen molar-refractivity contribution in [3.05, 3.63) is 52.1 Å². The van der Waals surface area contributed by atoms with Crippen LogP contribution in [0.2, 0.25) is 0 Å². The van der Waals surface area contributed by atoms with E-state index >= 15 is 0 Å². The zero-order chi connectivity index (χ0) is 14.8. The number of halogens is 3. The number of benzene rings is 1. The molecule has 1 N–H and O–H groups in total. The molecule has 106 valence electrons. The SMILES string of the molecule is CCCc1nc(-c2cccc(C(F)(F)F)c2)cc(=O)[nH]1. The molecule has 0 aliphatic heterocycles. The van der Waals surface area contributed by atoms with E-state index in [9.17, 15) is 18.0 Å². The van der Waals surface area contributed by atoms with Crippen molar-refractivity contribution >= 4 is 0 Å². The van der Waals surface area contributed by atoms with Crippen LogP contribution in [0.4, 0.5) is 13.2 Å². The fourth-order valence-corrected chi connectivity index (χ4v) is 1.87. The van der Waals surface area contributed by atoms with Gasteiger partial charge in [-0.3, -0.25) is 4.79 Å². The number of aromatic amines is 1. The van der Waals surface area contributed by atoms with E-state index in [0.29, 0.717) is 12.2 Å². The van der Waals surface area contributed by atoms with Crippen LogP contribution in [0.25, 0.3) is 11.3 Å². The highest BCUT2D eigenvalue weighted by molar-refractivity contribution is 5.59. The van der Waals surface area contributed by atoms with E-state index in [-0.39, 0.29) is 16.8 Å². The zero-order valence-corrected chi connectivity index (χ0v) is 10.8. The molecule has 0 radical (unpaired) electrons. The molecule has 0 spiro atoms. The van der Waals surface area contributed by atoms with E-state index in [4.69, 9.17) is 0 Å². The van der Waals surface area contributed by atoms with Gasteiger partial charge in [0.15, 0.2) is 0 Å². The summed E-state index contributed by atoms with van der Waals surface area (Å²) in [5, 5.41) is 0. The van der Waals surface area contributed by atoms with E-state index in [1.54, 1.807) is 0 Å². The lowest BCUT2D eigenvalue weighted by Gasteiger charge is -2.09. The number of aryl methyl sites for hydroxylation is 1. The number of hydrogen-bond donors (Lipinski definition) is 1. The molecule has 2 aromatic rings. The first kappa shape index (κ1) is 14.3. The molecular weight excluding hydrogens is 269 g/mol. The third kappa shape index (κ3) is 3.26. The second-order valence-electron chi connectivity index (χ2n) is 4.41. The predicted molar refractivity (Wildman–Crippen MR) is 69.3 cm³/mol. The molecule has 3 nitrogen and oxygen atoms in total. The van der Waals surface area contributed by atoms with Gasteiger partial charge in [-0.05, 0) is 18.6 Å². The van der Waals surface area contributed by atoms with Crippen molar-refractivity contribution in [2.45, 2.75) is 25.9 Å². The number of H-pyrrole nitrogens is 1. The molecule has 2 rings (SSSR count). The second-order valence-corrected chi connectivity index (χ2v) is 4.41. The Bertz CT molecular complexity index is 662. The van der Waals surface area contributed by atoms with Crippen molar-refractivity contribution in [2.24, 2.45) is 0 Å². The monoisotopic (exact) mass is 282 g/mol. The Morgan fingerprint density at radius 3 is 2.65 bits per heavy atom. The minimum atomic E-state index is -4.41. The lowest BCUT2D eigenvalue weighted by molar-refractivity contribution is -0.137. The molecule has 1 aromatic heterocycles. The summed E-state index contributed by atoms with van der Waals surface area (Å²) in [6.07, 6.45) is -3.06. The first-order valence-corrected chi connectivity index (χ1v) is 6.18. The summed E-state index contributed by atoms with van der Waals surface area (Å²) in [6, 6.07) is 6.00. The summed E-state index contributed by atoms with van der Waals surface area (Å²) < 4.78 is 38.0. The lowest BCUT2D eigenvalue weighted by Crippen LogP contribution is -2.11. The van der Waals surface area contributed by atoms with Crippen LogP contribution in [0.5, 0.6) is 0 Å². The molecule has 0 aliphatic rings. The Kier molecular flexibility index (Phi) is 3.92. The van der Waals surface area contributed by atoms with Gasteiger partial charge in [-0.1, -0.05) is 19.1 Å².